The molecule has 2 aromatic heterocycles. The van der Waals surface area contributed by atoms with Gasteiger partial charge in [0, 0.05) is 36.7 Å². The van der Waals surface area contributed by atoms with E-state index < -0.39 is 0 Å². The summed E-state index contributed by atoms with van der Waals surface area (Å²) in [6, 6.07) is 0.341. The average molecular weight is 285 g/mol. The fourth-order valence-electron chi connectivity index (χ4n) is 3.25. The first kappa shape index (κ1) is 14.2. The van der Waals surface area contributed by atoms with Crippen molar-refractivity contribution in [2.75, 3.05) is 7.05 Å². The van der Waals surface area contributed by atoms with Crippen molar-refractivity contribution >= 4 is 0 Å². The zero-order valence-corrected chi connectivity index (χ0v) is 13.4. The highest BCUT2D eigenvalue weighted by Gasteiger charge is 2.33. The highest BCUT2D eigenvalue weighted by atomic mass is 15.3. The summed E-state index contributed by atoms with van der Waals surface area (Å²) in [5, 5.41) is 7.78. The summed E-state index contributed by atoms with van der Waals surface area (Å²) in [4.78, 5) is 9.43. The van der Waals surface area contributed by atoms with Gasteiger partial charge in [-0.3, -0.25) is 4.68 Å². The molecule has 112 valence electrons. The molecular weight excluding hydrogens is 262 g/mol. The van der Waals surface area contributed by atoms with Gasteiger partial charge >= 0.3 is 0 Å². The topological polar surface area (TPSA) is 55.6 Å². The van der Waals surface area contributed by atoms with E-state index in [9.17, 15) is 0 Å². The maximum atomic E-state index is 4.85. The number of rotatable bonds is 2. The van der Waals surface area contributed by atoms with Gasteiger partial charge in [0.25, 0.3) is 0 Å². The Morgan fingerprint density at radius 2 is 2.14 bits per heavy atom. The molecule has 0 radical (unpaired) electrons. The second-order valence-electron chi connectivity index (χ2n) is 6.78. The van der Waals surface area contributed by atoms with Crippen molar-refractivity contribution < 1.29 is 0 Å². The summed E-state index contributed by atoms with van der Waals surface area (Å²) in [6.45, 7) is 6.60. The zero-order chi connectivity index (χ0) is 15.2. The van der Waals surface area contributed by atoms with E-state index in [0.717, 1.165) is 29.9 Å². The lowest BCUT2D eigenvalue weighted by Gasteiger charge is -2.36. The number of fused-ring (bicyclic) bond motifs is 1. The fraction of sp³-hybridized carbons (Fsp3) is 0.562. The molecule has 0 aliphatic heterocycles. The van der Waals surface area contributed by atoms with Crippen molar-refractivity contribution in [3.05, 3.63) is 29.3 Å². The van der Waals surface area contributed by atoms with E-state index in [-0.39, 0.29) is 5.41 Å². The van der Waals surface area contributed by atoms with E-state index in [0.29, 0.717) is 6.04 Å². The molecule has 1 N–H and O–H groups in total. The quantitative estimate of drug-likeness (QED) is 0.920. The number of nitrogens with one attached hydrogen (secondary N) is 1. The van der Waals surface area contributed by atoms with Gasteiger partial charge in [-0.2, -0.15) is 5.10 Å². The van der Waals surface area contributed by atoms with Gasteiger partial charge in [0.15, 0.2) is 5.82 Å². The summed E-state index contributed by atoms with van der Waals surface area (Å²) < 4.78 is 1.81. The molecule has 0 amide bonds. The maximum absolute atomic E-state index is 4.85. The summed E-state index contributed by atoms with van der Waals surface area (Å²) in [6.07, 6.45) is 6.08. The van der Waals surface area contributed by atoms with Crippen LogP contribution in [0.2, 0.25) is 0 Å². The van der Waals surface area contributed by atoms with Crippen LogP contribution in [0.4, 0.5) is 0 Å². The largest absolute Gasteiger partial charge is 0.313 e. The van der Waals surface area contributed by atoms with Crippen LogP contribution < -0.4 is 5.32 Å². The molecule has 1 atom stereocenters. The van der Waals surface area contributed by atoms with Crippen LogP contribution in [0.15, 0.2) is 12.4 Å². The molecule has 0 saturated carbocycles. The van der Waals surface area contributed by atoms with Crippen LogP contribution in [0, 0.1) is 12.3 Å². The third-order valence-corrected chi connectivity index (χ3v) is 4.28. The van der Waals surface area contributed by atoms with Crippen LogP contribution in [0.25, 0.3) is 11.4 Å². The molecule has 0 spiro atoms. The van der Waals surface area contributed by atoms with E-state index in [1.54, 1.807) is 0 Å². The van der Waals surface area contributed by atoms with E-state index in [4.69, 9.17) is 4.98 Å². The second kappa shape index (κ2) is 4.91. The summed E-state index contributed by atoms with van der Waals surface area (Å²) >= 11 is 0. The lowest BCUT2D eigenvalue weighted by molar-refractivity contribution is 0.260. The first-order valence-electron chi connectivity index (χ1n) is 7.43. The Bertz CT molecular complexity index is 671. The molecule has 2 aromatic rings. The molecule has 3 rings (SSSR count). The van der Waals surface area contributed by atoms with Gasteiger partial charge in [0.2, 0.25) is 0 Å². The molecule has 0 aromatic carbocycles. The Hall–Kier alpha value is -1.75. The van der Waals surface area contributed by atoms with Gasteiger partial charge in [-0.25, -0.2) is 9.97 Å². The van der Waals surface area contributed by atoms with Crippen molar-refractivity contribution in [1.82, 2.24) is 25.1 Å². The van der Waals surface area contributed by atoms with Gasteiger partial charge in [-0.15, -0.1) is 0 Å². The lowest BCUT2D eigenvalue weighted by atomic mass is 9.74. The molecule has 1 aliphatic rings. The molecule has 5 heteroatoms. The van der Waals surface area contributed by atoms with Crippen molar-refractivity contribution in [3.63, 3.8) is 0 Å². The first-order valence-corrected chi connectivity index (χ1v) is 7.43. The Morgan fingerprint density at radius 1 is 1.38 bits per heavy atom. The summed E-state index contributed by atoms with van der Waals surface area (Å²) in [5.41, 5.74) is 4.65. The minimum Gasteiger partial charge on any atom is -0.313 e. The number of hydrogen-bond acceptors (Lipinski definition) is 4. The van der Waals surface area contributed by atoms with Gasteiger partial charge in [0.1, 0.15) is 0 Å². The Balaban J connectivity index is 2.07. The smallest absolute Gasteiger partial charge is 0.162 e. The monoisotopic (exact) mass is 285 g/mol. The predicted octanol–water partition coefficient (Wildman–Crippen LogP) is 2.42. The minimum absolute atomic E-state index is 0.260. The Kier molecular flexibility index (Phi) is 3.32. The number of hydrogen-bond donors (Lipinski definition) is 1. The molecule has 21 heavy (non-hydrogen) atoms. The maximum Gasteiger partial charge on any atom is 0.162 e. The van der Waals surface area contributed by atoms with E-state index in [2.05, 4.69) is 29.2 Å². The lowest BCUT2D eigenvalue weighted by Crippen LogP contribution is -2.32. The molecular formula is C16H23N5. The zero-order valence-electron chi connectivity index (χ0n) is 13.4. The van der Waals surface area contributed by atoms with E-state index in [1.807, 2.05) is 38.1 Å². The molecule has 2 heterocycles. The van der Waals surface area contributed by atoms with E-state index in [1.165, 1.54) is 11.3 Å². The van der Waals surface area contributed by atoms with Crippen LogP contribution in [0.5, 0.6) is 0 Å². The molecule has 0 bridgehead atoms. The molecule has 0 saturated heterocycles. The standard InChI is InChI=1S/C16H23N5/c1-10-12(9-21(5)20-10)15-18-8-11-13(17-4)6-16(2,3)7-14(11)19-15/h8-9,13,17H,6-7H2,1-5H3. The van der Waals surface area contributed by atoms with Crippen molar-refractivity contribution in [2.45, 2.75) is 39.7 Å². The highest BCUT2D eigenvalue weighted by molar-refractivity contribution is 5.57. The number of nitrogens with zero attached hydrogens (tertiary/aromatic N) is 4. The molecule has 1 unspecified atom stereocenters. The van der Waals surface area contributed by atoms with Crippen LogP contribution in [-0.2, 0) is 13.5 Å². The van der Waals surface area contributed by atoms with Crippen molar-refractivity contribution in [3.8, 4) is 11.4 Å². The van der Waals surface area contributed by atoms with Gasteiger partial charge < -0.3 is 5.32 Å². The molecule has 1 aliphatic carbocycles. The number of aryl methyl sites for hydroxylation is 2. The Morgan fingerprint density at radius 3 is 2.76 bits per heavy atom. The van der Waals surface area contributed by atoms with Crippen molar-refractivity contribution in [1.29, 1.82) is 0 Å². The van der Waals surface area contributed by atoms with Crippen LogP contribution in [0.1, 0.15) is 43.3 Å². The third-order valence-electron chi connectivity index (χ3n) is 4.28. The SMILES string of the molecule is CNC1CC(C)(C)Cc2nc(-c3cn(C)nc3C)ncc21. The summed E-state index contributed by atoms with van der Waals surface area (Å²) in [5.74, 6) is 0.784. The molecule has 5 nitrogen and oxygen atoms in total. The van der Waals surface area contributed by atoms with E-state index >= 15 is 0 Å². The van der Waals surface area contributed by atoms with Gasteiger partial charge in [-0.1, -0.05) is 13.8 Å². The normalized spacial score (nSPS) is 20.3. The molecule has 0 fully saturated rings. The second-order valence-corrected chi connectivity index (χ2v) is 6.78. The first-order chi connectivity index (χ1) is 9.89. The van der Waals surface area contributed by atoms with Crippen LogP contribution in [0.3, 0.4) is 0 Å². The fourth-order valence-corrected chi connectivity index (χ4v) is 3.25. The third kappa shape index (κ3) is 2.58. The summed E-state index contributed by atoms with van der Waals surface area (Å²) in [7, 11) is 3.93. The number of aromatic nitrogens is 4. The average Bonchev–Trinajstić information content (AvgIpc) is 2.75. The minimum atomic E-state index is 0.260. The van der Waals surface area contributed by atoms with Crippen molar-refractivity contribution in [2.24, 2.45) is 12.5 Å². The Labute approximate surface area is 125 Å². The predicted molar refractivity (Wildman–Crippen MR) is 82.9 cm³/mol. The highest BCUT2D eigenvalue weighted by Crippen LogP contribution is 2.40. The van der Waals surface area contributed by atoms with Crippen LogP contribution in [-0.4, -0.2) is 26.8 Å². The van der Waals surface area contributed by atoms with Gasteiger partial charge in [-0.05, 0) is 32.2 Å². The van der Waals surface area contributed by atoms with Crippen LogP contribution >= 0.6 is 0 Å². The van der Waals surface area contributed by atoms with Gasteiger partial charge in [0.05, 0.1) is 11.3 Å².